The van der Waals surface area contributed by atoms with E-state index < -0.39 is 0 Å². The van der Waals surface area contributed by atoms with Crippen molar-refractivity contribution in [1.29, 1.82) is 0 Å². The van der Waals surface area contributed by atoms with Gasteiger partial charge in [-0.3, -0.25) is 0 Å². The van der Waals surface area contributed by atoms with Gasteiger partial charge in [-0.25, -0.2) is 0 Å². The Hall–Kier alpha value is -5.66. The second-order valence-electron chi connectivity index (χ2n) is 13.9. The molecule has 0 spiro atoms. The highest BCUT2D eigenvalue weighted by Crippen LogP contribution is 2.43. The molecule has 0 radical (unpaired) electrons. The van der Waals surface area contributed by atoms with E-state index in [1.807, 2.05) is 0 Å². The second kappa shape index (κ2) is 10.4. The van der Waals surface area contributed by atoms with Gasteiger partial charge in [0.2, 0.25) is 0 Å². The molecule has 0 N–H and O–H groups in total. The van der Waals surface area contributed by atoms with Crippen molar-refractivity contribution in [2.75, 3.05) is 0 Å². The molecule has 2 aliphatic carbocycles. The lowest BCUT2D eigenvalue weighted by Gasteiger charge is -2.12. The molecular formula is C47H35N. The summed E-state index contributed by atoms with van der Waals surface area (Å²) in [7, 11) is 0. The summed E-state index contributed by atoms with van der Waals surface area (Å²) in [6.07, 6.45) is 2.05. The molecule has 1 nitrogen and oxygen atoms in total. The average Bonchev–Trinajstić information content (AvgIpc) is 3.80. The second-order valence-corrected chi connectivity index (χ2v) is 13.9. The van der Waals surface area contributed by atoms with E-state index in [-0.39, 0.29) is 0 Å². The van der Waals surface area contributed by atoms with Gasteiger partial charge in [0.15, 0.2) is 0 Å². The lowest BCUT2D eigenvalue weighted by Crippen LogP contribution is -1.95. The molecule has 8 aromatic rings. The normalized spacial score (nSPS) is 12.8. The van der Waals surface area contributed by atoms with E-state index in [0.717, 1.165) is 12.8 Å². The first-order valence-electron chi connectivity index (χ1n) is 17.2. The number of benzene rings is 7. The summed E-state index contributed by atoms with van der Waals surface area (Å²) in [5, 5.41) is 2.57. The molecule has 48 heavy (non-hydrogen) atoms. The van der Waals surface area contributed by atoms with Crippen LogP contribution in [0.1, 0.15) is 47.6 Å². The van der Waals surface area contributed by atoms with E-state index >= 15 is 0 Å². The van der Waals surface area contributed by atoms with Crippen molar-refractivity contribution in [2.45, 2.75) is 32.6 Å². The molecule has 0 fully saturated rings. The van der Waals surface area contributed by atoms with Crippen LogP contribution in [-0.2, 0) is 12.8 Å². The highest BCUT2D eigenvalue weighted by molar-refractivity contribution is 6.10. The van der Waals surface area contributed by atoms with Gasteiger partial charge < -0.3 is 4.57 Å². The number of rotatable bonds is 4. The van der Waals surface area contributed by atoms with E-state index in [2.05, 4.69) is 164 Å². The molecule has 0 unspecified atom stereocenters. The summed E-state index contributed by atoms with van der Waals surface area (Å²) in [4.78, 5) is 0. The maximum atomic E-state index is 2.46. The van der Waals surface area contributed by atoms with Crippen LogP contribution in [0.5, 0.6) is 0 Å². The summed E-state index contributed by atoms with van der Waals surface area (Å²) in [5.41, 5.74) is 21.5. The Morgan fingerprint density at radius 3 is 1.98 bits per heavy atom. The molecule has 0 saturated heterocycles. The fourth-order valence-corrected chi connectivity index (χ4v) is 8.51. The van der Waals surface area contributed by atoms with Gasteiger partial charge in [0.05, 0.1) is 11.0 Å². The van der Waals surface area contributed by atoms with Crippen LogP contribution in [0.4, 0.5) is 0 Å². The molecule has 0 amide bonds. The monoisotopic (exact) mass is 613 g/mol. The molecule has 0 aliphatic heterocycles. The summed E-state index contributed by atoms with van der Waals surface area (Å²) < 4.78 is 2.46. The minimum Gasteiger partial charge on any atom is -0.309 e. The predicted molar refractivity (Wildman–Crippen MR) is 202 cm³/mol. The van der Waals surface area contributed by atoms with Gasteiger partial charge in [-0.15, -0.1) is 0 Å². The zero-order valence-electron chi connectivity index (χ0n) is 27.3. The zero-order valence-corrected chi connectivity index (χ0v) is 27.3. The van der Waals surface area contributed by atoms with Crippen molar-refractivity contribution in [3.63, 3.8) is 0 Å². The molecule has 1 aromatic heterocycles. The van der Waals surface area contributed by atoms with Crippen molar-refractivity contribution in [3.8, 4) is 50.2 Å². The quantitative estimate of drug-likeness (QED) is 0.186. The van der Waals surface area contributed by atoms with Gasteiger partial charge in [-0.05, 0) is 134 Å². The first-order valence-corrected chi connectivity index (χ1v) is 17.2. The van der Waals surface area contributed by atoms with Crippen LogP contribution in [0.2, 0.25) is 0 Å². The number of fused-ring (bicyclic) bond motifs is 9. The first kappa shape index (κ1) is 27.5. The largest absolute Gasteiger partial charge is 0.309 e. The maximum Gasteiger partial charge on any atom is 0.0541 e. The van der Waals surface area contributed by atoms with Gasteiger partial charge in [0, 0.05) is 16.5 Å². The number of para-hydroxylation sites is 1. The Bertz CT molecular complexity index is 2590. The number of nitrogens with zero attached hydrogens (tertiary/aromatic N) is 1. The van der Waals surface area contributed by atoms with Crippen LogP contribution in [0.3, 0.4) is 0 Å². The Morgan fingerprint density at radius 1 is 0.438 bits per heavy atom. The summed E-state index contributed by atoms with van der Waals surface area (Å²) in [6.45, 7) is 4.61. The van der Waals surface area contributed by atoms with Crippen LogP contribution in [0, 0.1) is 0 Å². The first-order chi connectivity index (χ1) is 23.6. The molecule has 1 heteroatoms. The third-order valence-corrected chi connectivity index (χ3v) is 10.8. The van der Waals surface area contributed by atoms with Gasteiger partial charge in [-0.1, -0.05) is 117 Å². The Morgan fingerprint density at radius 2 is 1.08 bits per heavy atom. The topological polar surface area (TPSA) is 4.93 Å². The summed E-state index contributed by atoms with van der Waals surface area (Å²) >= 11 is 0. The van der Waals surface area contributed by atoms with Crippen molar-refractivity contribution >= 4 is 21.8 Å². The van der Waals surface area contributed by atoms with E-state index in [9.17, 15) is 0 Å². The zero-order chi connectivity index (χ0) is 31.9. The fourth-order valence-electron chi connectivity index (χ4n) is 8.51. The lowest BCUT2D eigenvalue weighted by atomic mass is 9.94. The Kier molecular flexibility index (Phi) is 5.96. The van der Waals surface area contributed by atoms with Crippen molar-refractivity contribution in [1.82, 2.24) is 4.57 Å². The van der Waals surface area contributed by atoms with Crippen LogP contribution in [0.15, 0.2) is 146 Å². The third kappa shape index (κ3) is 4.10. The average molecular weight is 614 g/mol. The van der Waals surface area contributed by atoms with Crippen LogP contribution >= 0.6 is 0 Å². The molecule has 2 aliphatic rings. The minimum atomic E-state index is 0.520. The molecule has 10 rings (SSSR count). The molecule has 228 valence electrons. The third-order valence-electron chi connectivity index (χ3n) is 10.8. The smallest absolute Gasteiger partial charge is 0.0541 e. The Balaban J connectivity index is 1.07. The molecule has 1 heterocycles. The predicted octanol–water partition coefficient (Wildman–Crippen LogP) is 12.4. The van der Waals surface area contributed by atoms with Gasteiger partial charge >= 0.3 is 0 Å². The number of aromatic nitrogens is 1. The van der Waals surface area contributed by atoms with Crippen molar-refractivity contribution in [3.05, 3.63) is 173 Å². The van der Waals surface area contributed by atoms with E-state index in [1.54, 1.807) is 0 Å². The number of hydrogen-bond acceptors (Lipinski definition) is 0. The van der Waals surface area contributed by atoms with Crippen LogP contribution in [-0.4, -0.2) is 4.57 Å². The van der Waals surface area contributed by atoms with Crippen LogP contribution < -0.4 is 0 Å². The SMILES string of the molecule is CC(C)c1cccc2c1Cc1ccc(-n3c4ccccc4c4cc(-c5cccc(-c6ccc7c(c6)-c6ccccc6C7)c5)ccc43)cc1-2. The maximum absolute atomic E-state index is 2.46. The fraction of sp³-hybridized carbons (Fsp3) is 0.106. The molecule has 0 bridgehead atoms. The van der Waals surface area contributed by atoms with Gasteiger partial charge in [0.1, 0.15) is 0 Å². The van der Waals surface area contributed by atoms with Crippen LogP contribution in [0.25, 0.3) is 72.0 Å². The van der Waals surface area contributed by atoms with E-state index in [4.69, 9.17) is 0 Å². The van der Waals surface area contributed by atoms with Crippen molar-refractivity contribution < 1.29 is 0 Å². The minimum absolute atomic E-state index is 0.520. The molecule has 0 atom stereocenters. The molecule has 7 aromatic carbocycles. The summed E-state index contributed by atoms with van der Waals surface area (Å²) in [5.74, 6) is 0.520. The van der Waals surface area contributed by atoms with E-state index in [1.165, 1.54) is 99.8 Å². The number of hydrogen-bond donors (Lipinski definition) is 0. The summed E-state index contributed by atoms with van der Waals surface area (Å²) in [6, 6.07) is 54.7. The highest BCUT2D eigenvalue weighted by atomic mass is 15.0. The lowest BCUT2D eigenvalue weighted by molar-refractivity contribution is 0.852. The standard InChI is InChI=1S/C47H35N/c1-29(2)38-14-8-15-40-43-28-37(21-19-36(43)27-44(38)40)48-46-16-6-5-13-41(46)45-26-33(20-22-47(45)48)31-11-7-10-30(23-31)32-17-18-35-24-34-9-3-4-12-39(34)42(35)25-32/h3-23,25-26,28-29H,24,27H2,1-2H3. The van der Waals surface area contributed by atoms with Gasteiger partial charge in [0.25, 0.3) is 0 Å². The molecule has 0 saturated carbocycles. The van der Waals surface area contributed by atoms with Gasteiger partial charge in [-0.2, -0.15) is 0 Å². The van der Waals surface area contributed by atoms with E-state index in [0.29, 0.717) is 5.92 Å². The highest BCUT2D eigenvalue weighted by Gasteiger charge is 2.24. The van der Waals surface area contributed by atoms with Crippen molar-refractivity contribution in [2.24, 2.45) is 0 Å². The Labute approximate surface area is 281 Å². The molecular weight excluding hydrogens is 579 g/mol.